The molecule has 230 valence electrons. The number of esters is 2. The fraction of sp³-hybridized carbons (Fsp3) is 0.0857. The van der Waals surface area contributed by atoms with Crippen molar-refractivity contribution in [3.05, 3.63) is 142 Å². The zero-order chi connectivity index (χ0) is 31.9. The predicted octanol–water partition coefficient (Wildman–Crippen LogP) is 6.58. The number of benzene rings is 2. The fourth-order valence-electron chi connectivity index (χ4n) is 4.36. The Kier molecular flexibility index (Phi) is 10.6. The van der Waals surface area contributed by atoms with Gasteiger partial charge < -0.3 is 9.47 Å². The van der Waals surface area contributed by atoms with Gasteiger partial charge in [0.15, 0.2) is 0 Å². The van der Waals surface area contributed by atoms with Crippen molar-refractivity contribution < 1.29 is 28.7 Å². The molecule has 0 aliphatic heterocycles. The maximum atomic E-state index is 12.6. The molecular weight excluding hydrogens is 608 g/mol. The third kappa shape index (κ3) is 7.43. The van der Waals surface area contributed by atoms with E-state index in [1.54, 1.807) is 54.9 Å². The number of methoxy groups -OCH3 is 2. The average molecular weight is 635 g/mol. The van der Waals surface area contributed by atoms with Crippen molar-refractivity contribution in [3.8, 4) is 0 Å². The lowest BCUT2D eigenvalue weighted by atomic mass is 10.0. The number of ether oxygens (including phenoxy) is 2. The van der Waals surface area contributed by atoms with Crippen LogP contribution >= 0.6 is 11.6 Å². The van der Waals surface area contributed by atoms with Gasteiger partial charge in [0, 0.05) is 46.7 Å². The molecule has 0 atom stereocenters. The molecule has 0 saturated carbocycles. The van der Waals surface area contributed by atoms with Crippen molar-refractivity contribution in [2.75, 3.05) is 14.2 Å². The minimum Gasteiger partial charge on any atom is -0.465 e. The van der Waals surface area contributed by atoms with Gasteiger partial charge in [-0.1, -0.05) is 25.1 Å². The largest absolute Gasteiger partial charge is 0.465 e. The minimum atomic E-state index is -0.518. The summed E-state index contributed by atoms with van der Waals surface area (Å²) >= 11 is 5.93. The predicted molar refractivity (Wildman–Crippen MR) is 173 cm³/mol. The number of fused-ring (bicyclic) bond motifs is 2. The van der Waals surface area contributed by atoms with Crippen LogP contribution in [0.4, 0.5) is 0 Å². The van der Waals surface area contributed by atoms with E-state index in [2.05, 4.69) is 29.4 Å². The fourth-order valence-corrected chi connectivity index (χ4v) is 4.52. The lowest BCUT2D eigenvalue weighted by molar-refractivity contribution is 0.0591. The van der Waals surface area contributed by atoms with Gasteiger partial charge in [0.05, 0.1) is 41.4 Å². The Hall–Kier alpha value is -5.87. The Morgan fingerprint density at radius 1 is 0.565 bits per heavy atom. The molecule has 0 fully saturated rings. The molecule has 0 radical (unpaired) electrons. The highest BCUT2D eigenvalue weighted by Crippen LogP contribution is 2.20. The van der Waals surface area contributed by atoms with Crippen LogP contribution in [0.3, 0.4) is 0 Å². The molecule has 0 spiro atoms. The van der Waals surface area contributed by atoms with E-state index in [0.717, 1.165) is 21.8 Å². The van der Waals surface area contributed by atoms with Crippen molar-refractivity contribution in [1.29, 1.82) is 0 Å². The number of halogens is 1. The van der Waals surface area contributed by atoms with Crippen LogP contribution in [-0.4, -0.2) is 57.7 Å². The molecule has 10 nitrogen and oxygen atoms in total. The summed E-state index contributed by atoms with van der Waals surface area (Å²) < 4.78 is 9.29. The van der Waals surface area contributed by atoms with E-state index in [0.29, 0.717) is 21.7 Å². The Labute approximate surface area is 269 Å². The van der Waals surface area contributed by atoms with Gasteiger partial charge >= 0.3 is 11.9 Å². The van der Waals surface area contributed by atoms with Crippen molar-refractivity contribution in [2.45, 2.75) is 7.43 Å². The lowest BCUT2D eigenvalue weighted by Gasteiger charge is -2.04. The van der Waals surface area contributed by atoms with Crippen molar-refractivity contribution >= 4 is 56.9 Å². The summed E-state index contributed by atoms with van der Waals surface area (Å²) in [6.45, 7) is 0. The second-order valence-electron chi connectivity index (χ2n) is 9.47. The number of carbonyl (C=O) groups is 4. The molecule has 0 amide bonds. The zero-order valence-electron chi connectivity index (χ0n) is 23.9. The molecule has 4 aromatic heterocycles. The van der Waals surface area contributed by atoms with Gasteiger partial charge in [-0.25, -0.2) is 9.59 Å². The Morgan fingerprint density at radius 2 is 1.09 bits per heavy atom. The van der Waals surface area contributed by atoms with Crippen LogP contribution in [0, 0.1) is 0 Å². The van der Waals surface area contributed by atoms with Gasteiger partial charge in [0.1, 0.15) is 11.4 Å². The summed E-state index contributed by atoms with van der Waals surface area (Å²) in [5.74, 6) is -1.57. The Bertz CT molecular complexity index is 2100. The number of hydrogen-bond acceptors (Lipinski definition) is 10. The number of nitrogens with zero attached hydrogens (tertiary/aromatic N) is 4. The van der Waals surface area contributed by atoms with E-state index in [-0.39, 0.29) is 35.9 Å². The molecule has 46 heavy (non-hydrogen) atoms. The first-order chi connectivity index (χ1) is 21.8. The van der Waals surface area contributed by atoms with Crippen LogP contribution in [0.5, 0.6) is 0 Å². The van der Waals surface area contributed by atoms with Crippen molar-refractivity contribution in [3.63, 3.8) is 0 Å². The molecule has 0 N–H and O–H groups in total. The standard InChI is InChI=1S/C17H11ClN2O3.C17H12N2O3.CH4/c1-23-17(22)11-4-5-19-15(8-11)16(21)10-2-3-14-12(6-10)7-13(18)9-20-14;1-22-17(21)13-6-8-19-15(10-13)16(20)12-4-5-14-11(9-12)3-2-7-18-14;/h2-9H,1H3;2-10H,1H3;1H4. The molecule has 0 bridgehead atoms. The van der Waals surface area contributed by atoms with Gasteiger partial charge in [0.25, 0.3) is 0 Å². The van der Waals surface area contributed by atoms with E-state index in [1.807, 2.05) is 12.1 Å². The summed E-state index contributed by atoms with van der Waals surface area (Å²) in [5, 5.41) is 2.12. The third-order valence-electron chi connectivity index (χ3n) is 6.60. The van der Waals surface area contributed by atoms with E-state index < -0.39 is 11.9 Å². The maximum Gasteiger partial charge on any atom is 0.337 e. The zero-order valence-corrected chi connectivity index (χ0v) is 24.7. The number of ketones is 2. The molecule has 2 aromatic carbocycles. The first kappa shape index (κ1) is 33.0. The normalized spacial score (nSPS) is 10.2. The smallest absolute Gasteiger partial charge is 0.337 e. The quantitative estimate of drug-likeness (QED) is 0.146. The molecule has 6 aromatic rings. The molecule has 4 heterocycles. The second kappa shape index (κ2) is 14.7. The monoisotopic (exact) mass is 634 g/mol. The SMILES string of the molecule is C.COC(=O)c1ccnc(C(=O)c2ccc3ncc(Cl)cc3c2)c1.COC(=O)c1ccnc(C(=O)c2ccc3ncccc3c2)c1. The Balaban J connectivity index is 0.000000205. The summed E-state index contributed by atoms with van der Waals surface area (Å²) in [5.41, 5.74) is 3.43. The summed E-state index contributed by atoms with van der Waals surface area (Å²) in [7, 11) is 2.57. The van der Waals surface area contributed by atoms with Crippen LogP contribution in [0.15, 0.2) is 104 Å². The van der Waals surface area contributed by atoms with Crippen LogP contribution in [0.1, 0.15) is 60.2 Å². The van der Waals surface area contributed by atoms with Crippen LogP contribution in [0.2, 0.25) is 5.02 Å². The second-order valence-corrected chi connectivity index (χ2v) is 9.91. The lowest BCUT2D eigenvalue weighted by Crippen LogP contribution is -2.08. The van der Waals surface area contributed by atoms with Crippen molar-refractivity contribution in [2.24, 2.45) is 0 Å². The third-order valence-corrected chi connectivity index (χ3v) is 6.81. The van der Waals surface area contributed by atoms with Crippen LogP contribution in [-0.2, 0) is 9.47 Å². The highest BCUT2D eigenvalue weighted by atomic mass is 35.5. The van der Waals surface area contributed by atoms with E-state index >= 15 is 0 Å². The Morgan fingerprint density at radius 3 is 1.63 bits per heavy atom. The summed E-state index contributed by atoms with van der Waals surface area (Å²) in [6.07, 6.45) is 6.07. The molecule has 0 unspecified atom stereocenters. The summed E-state index contributed by atoms with van der Waals surface area (Å²) in [6, 6.07) is 21.6. The summed E-state index contributed by atoms with van der Waals surface area (Å²) in [4.78, 5) is 64.6. The van der Waals surface area contributed by atoms with E-state index in [4.69, 9.17) is 11.6 Å². The van der Waals surface area contributed by atoms with Gasteiger partial charge in [0.2, 0.25) is 11.6 Å². The first-order valence-electron chi connectivity index (χ1n) is 13.4. The van der Waals surface area contributed by atoms with E-state index in [9.17, 15) is 19.2 Å². The molecule has 11 heteroatoms. The molecular formula is C35H27ClN4O6. The number of aromatic nitrogens is 4. The number of carbonyl (C=O) groups excluding carboxylic acids is 4. The van der Waals surface area contributed by atoms with Gasteiger partial charge in [-0.2, -0.15) is 0 Å². The minimum absolute atomic E-state index is 0. The van der Waals surface area contributed by atoms with Gasteiger partial charge in [-0.3, -0.25) is 29.5 Å². The average Bonchev–Trinajstić information content (AvgIpc) is 3.10. The van der Waals surface area contributed by atoms with Crippen molar-refractivity contribution in [1.82, 2.24) is 19.9 Å². The molecule has 0 saturated heterocycles. The molecule has 0 aliphatic rings. The molecule has 6 rings (SSSR count). The number of pyridine rings is 4. The number of hydrogen-bond donors (Lipinski definition) is 0. The van der Waals surface area contributed by atoms with Gasteiger partial charge in [-0.15, -0.1) is 0 Å². The highest BCUT2D eigenvalue weighted by Gasteiger charge is 2.16. The van der Waals surface area contributed by atoms with E-state index in [1.165, 1.54) is 50.9 Å². The topological polar surface area (TPSA) is 138 Å². The number of rotatable bonds is 6. The first-order valence-corrected chi connectivity index (χ1v) is 13.7. The maximum absolute atomic E-state index is 12.6. The van der Waals surface area contributed by atoms with Crippen LogP contribution < -0.4 is 0 Å². The van der Waals surface area contributed by atoms with Gasteiger partial charge in [-0.05, 0) is 72.8 Å². The van der Waals surface area contributed by atoms with Crippen LogP contribution in [0.25, 0.3) is 21.8 Å². The molecule has 0 aliphatic carbocycles. The highest BCUT2D eigenvalue weighted by molar-refractivity contribution is 6.31.